The lowest BCUT2D eigenvalue weighted by atomic mass is 9.80. The molecule has 0 bridgehead atoms. The van der Waals surface area contributed by atoms with Gasteiger partial charge in [-0.3, -0.25) is 4.79 Å². The van der Waals surface area contributed by atoms with Gasteiger partial charge in [0.2, 0.25) is 0 Å². The highest BCUT2D eigenvalue weighted by atomic mass is 35.5. The Morgan fingerprint density at radius 3 is 2.75 bits per heavy atom. The zero-order valence-electron chi connectivity index (χ0n) is 11.8. The van der Waals surface area contributed by atoms with Gasteiger partial charge in [0.25, 0.3) is 0 Å². The molecule has 1 aromatic rings. The molecule has 0 saturated heterocycles. The van der Waals surface area contributed by atoms with Gasteiger partial charge in [-0.05, 0) is 37.0 Å². The van der Waals surface area contributed by atoms with Crippen LogP contribution in [0.25, 0.3) is 0 Å². The highest BCUT2D eigenvalue weighted by Crippen LogP contribution is 2.31. The lowest BCUT2D eigenvalue weighted by Gasteiger charge is -2.28. The Hall–Kier alpha value is -1.22. The van der Waals surface area contributed by atoms with Crippen LogP contribution in [0.4, 0.5) is 0 Å². The lowest BCUT2D eigenvalue weighted by Crippen LogP contribution is -2.31. The molecule has 0 radical (unpaired) electrons. The predicted molar refractivity (Wildman–Crippen MR) is 79.0 cm³/mol. The molecule has 1 aliphatic carbocycles. The third-order valence-corrected chi connectivity index (χ3v) is 4.18. The summed E-state index contributed by atoms with van der Waals surface area (Å²) in [5.41, 5.74) is 0. The predicted octanol–water partition coefficient (Wildman–Crippen LogP) is 4.09. The Morgan fingerprint density at radius 1 is 1.35 bits per heavy atom. The van der Waals surface area contributed by atoms with Crippen LogP contribution in [-0.4, -0.2) is 19.7 Å². The molecule has 0 aliphatic heterocycles. The second kappa shape index (κ2) is 7.53. The zero-order chi connectivity index (χ0) is 14.4. The second-order valence-corrected chi connectivity index (χ2v) is 5.73. The summed E-state index contributed by atoms with van der Waals surface area (Å²) in [6.07, 6.45) is 5.81. The number of esters is 1. The first-order valence-electron chi connectivity index (χ1n) is 7.17. The third kappa shape index (κ3) is 4.14. The summed E-state index contributed by atoms with van der Waals surface area (Å²) < 4.78 is 10.7. The molecule has 110 valence electrons. The van der Waals surface area contributed by atoms with Crippen LogP contribution in [0.1, 0.15) is 32.1 Å². The normalized spacial score (nSPS) is 17.5. The van der Waals surface area contributed by atoms with Crippen LogP contribution in [0.2, 0.25) is 5.02 Å². The lowest BCUT2D eigenvalue weighted by molar-refractivity contribution is -0.149. The van der Waals surface area contributed by atoms with Crippen LogP contribution >= 0.6 is 11.6 Å². The van der Waals surface area contributed by atoms with Gasteiger partial charge in [0.05, 0.1) is 13.0 Å². The molecule has 4 heteroatoms. The number of rotatable bonds is 5. The fraction of sp³-hybridized carbons (Fsp3) is 0.562. The van der Waals surface area contributed by atoms with Gasteiger partial charge in [-0.1, -0.05) is 36.9 Å². The van der Waals surface area contributed by atoms with Gasteiger partial charge in [0.15, 0.2) is 0 Å². The van der Waals surface area contributed by atoms with Gasteiger partial charge in [-0.25, -0.2) is 0 Å². The number of methoxy groups -OCH3 is 1. The molecular weight excluding hydrogens is 276 g/mol. The van der Waals surface area contributed by atoms with Crippen molar-refractivity contribution in [3.8, 4) is 5.75 Å². The topological polar surface area (TPSA) is 35.5 Å². The van der Waals surface area contributed by atoms with Crippen molar-refractivity contribution in [1.82, 2.24) is 0 Å². The number of ether oxygens (including phenoxy) is 2. The molecule has 0 amide bonds. The van der Waals surface area contributed by atoms with Crippen molar-refractivity contribution in [1.29, 1.82) is 0 Å². The molecule has 0 aromatic heterocycles. The summed E-state index contributed by atoms with van der Waals surface area (Å²) in [4.78, 5) is 12.0. The number of carbonyl (C=O) groups excluding carboxylic acids is 1. The maximum Gasteiger partial charge on any atom is 0.312 e. The van der Waals surface area contributed by atoms with Crippen LogP contribution in [0, 0.1) is 11.8 Å². The van der Waals surface area contributed by atoms with Gasteiger partial charge in [0.1, 0.15) is 12.4 Å². The summed E-state index contributed by atoms with van der Waals surface area (Å²) in [6.45, 7) is 0.359. The van der Waals surface area contributed by atoms with E-state index in [2.05, 4.69) is 0 Å². The zero-order valence-corrected chi connectivity index (χ0v) is 12.6. The van der Waals surface area contributed by atoms with Crippen molar-refractivity contribution in [3.05, 3.63) is 29.3 Å². The summed E-state index contributed by atoms with van der Waals surface area (Å²) >= 11 is 5.93. The molecule has 0 spiro atoms. The maximum absolute atomic E-state index is 12.0. The van der Waals surface area contributed by atoms with E-state index in [-0.39, 0.29) is 11.9 Å². The average molecular weight is 297 g/mol. The monoisotopic (exact) mass is 296 g/mol. The van der Waals surface area contributed by atoms with E-state index in [1.807, 2.05) is 12.1 Å². The molecule has 1 atom stereocenters. The van der Waals surface area contributed by atoms with E-state index >= 15 is 0 Å². The van der Waals surface area contributed by atoms with E-state index in [4.69, 9.17) is 21.1 Å². The van der Waals surface area contributed by atoms with E-state index in [0.717, 1.165) is 12.8 Å². The molecule has 1 aromatic carbocycles. The summed E-state index contributed by atoms with van der Waals surface area (Å²) in [5.74, 6) is 0.718. The van der Waals surface area contributed by atoms with E-state index in [1.54, 1.807) is 12.1 Å². The number of benzene rings is 1. The third-order valence-electron chi connectivity index (χ3n) is 3.95. The molecule has 20 heavy (non-hydrogen) atoms. The summed E-state index contributed by atoms with van der Waals surface area (Å²) in [7, 11) is 1.44. The molecule has 1 fully saturated rings. The molecule has 0 N–H and O–H groups in total. The first-order chi connectivity index (χ1) is 9.70. The molecule has 2 rings (SSSR count). The minimum atomic E-state index is -0.181. The molecule has 0 heterocycles. The minimum Gasteiger partial charge on any atom is -0.493 e. The quantitative estimate of drug-likeness (QED) is 0.768. The number of hydrogen-bond acceptors (Lipinski definition) is 3. The highest BCUT2D eigenvalue weighted by Gasteiger charge is 2.31. The largest absolute Gasteiger partial charge is 0.493 e. The van der Waals surface area contributed by atoms with Crippen LogP contribution in [-0.2, 0) is 9.53 Å². The number of carbonyl (C=O) groups is 1. The van der Waals surface area contributed by atoms with Crippen molar-refractivity contribution in [2.45, 2.75) is 32.1 Å². The first kappa shape index (κ1) is 15.2. The fourth-order valence-electron chi connectivity index (χ4n) is 2.83. The van der Waals surface area contributed by atoms with Gasteiger partial charge < -0.3 is 9.47 Å². The van der Waals surface area contributed by atoms with E-state index in [9.17, 15) is 4.79 Å². The summed E-state index contributed by atoms with van der Waals surface area (Å²) in [5, 5.41) is 0.634. The van der Waals surface area contributed by atoms with Gasteiger partial charge in [-0.15, -0.1) is 0 Å². The molecule has 1 aliphatic rings. The van der Waals surface area contributed by atoms with Gasteiger partial charge >= 0.3 is 5.97 Å². The molecular formula is C16H21ClO3. The SMILES string of the molecule is COC(=O)C(COc1cccc(Cl)c1)C1CCCCC1. The van der Waals surface area contributed by atoms with Crippen molar-refractivity contribution in [3.63, 3.8) is 0 Å². The van der Waals surface area contributed by atoms with Gasteiger partial charge in [-0.2, -0.15) is 0 Å². The van der Waals surface area contributed by atoms with Crippen molar-refractivity contribution in [2.75, 3.05) is 13.7 Å². The van der Waals surface area contributed by atoms with E-state index in [1.165, 1.54) is 26.4 Å². The van der Waals surface area contributed by atoms with Crippen LogP contribution < -0.4 is 4.74 Å². The Morgan fingerprint density at radius 2 is 2.10 bits per heavy atom. The van der Waals surface area contributed by atoms with Crippen molar-refractivity contribution < 1.29 is 14.3 Å². The molecule has 1 saturated carbocycles. The smallest absolute Gasteiger partial charge is 0.312 e. The fourth-order valence-corrected chi connectivity index (χ4v) is 3.01. The Kier molecular flexibility index (Phi) is 5.72. The van der Waals surface area contributed by atoms with E-state index < -0.39 is 0 Å². The van der Waals surface area contributed by atoms with Crippen molar-refractivity contribution in [2.24, 2.45) is 11.8 Å². The van der Waals surface area contributed by atoms with Crippen molar-refractivity contribution >= 4 is 17.6 Å². The Balaban J connectivity index is 1.98. The highest BCUT2D eigenvalue weighted by molar-refractivity contribution is 6.30. The average Bonchev–Trinajstić information content (AvgIpc) is 2.48. The van der Waals surface area contributed by atoms with Crippen LogP contribution in [0.15, 0.2) is 24.3 Å². The van der Waals surface area contributed by atoms with E-state index in [0.29, 0.717) is 23.3 Å². The summed E-state index contributed by atoms with van der Waals surface area (Å²) in [6, 6.07) is 7.25. The second-order valence-electron chi connectivity index (χ2n) is 5.30. The Bertz CT molecular complexity index is 441. The number of halogens is 1. The van der Waals surface area contributed by atoms with Crippen LogP contribution in [0.3, 0.4) is 0 Å². The molecule has 3 nitrogen and oxygen atoms in total. The number of hydrogen-bond donors (Lipinski definition) is 0. The van der Waals surface area contributed by atoms with Gasteiger partial charge in [0, 0.05) is 5.02 Å². The standard InChI is InChI=1S/C16H21ClO3/c1-19-16(18)15(12-6-3-2-4-7-12)11-20-14-9-5-8-13(17)10-14/h5,8-10,12,15H,2-4,6-7,11H2,1H3. The maximum atomic E-state index is 12.0. The Labute approximate surface area is 125 Å². The first-order valence-corrected chi connectivity index (χ1v) is 7.54. The van der Waals surface area contributed by atoms with Crippen LogP contribution in [0.5, 0.6) is 5.75 Å². The minimum absolute atomic E-state index is 0.168. The molecule has 1 unspecified atom stereocenters.